The molecule has 0 bridgehead atoms. The van der Waals surface area contributed by atoms with Crippen molar-refractivity contribution in [2.45, 2.75) is 19.0 Å². The zero-order chi connectivity index (χ0) is 15.0. The van der Waals surface area contributed by atoms with Gasteiger partial charge in [0.2, 0.25) is 0 Å². The van der Waals surface area contributed by atoms with Gasteiger partial charge >= 0.3 is 5.97 Å². The van der Waals surface area contributed by atoms with E-state index in [4.69, 9.17) is 4.74 Å². The fourth-order valence-electron chi connectivity index (χ4n) is 2.54. The highest BCUT2D eigenvalue weighted by Gasteiger charge is 2.37. The highest BCUT2D eigenvalue weighted by molar-refractivity contribution is 7.12. The van der Waals surface area contributed by atoms with Gasteiger partial charge in [0.1, 0.15) is 6.04 Å². The van der Waals surface area contributed by atoms with Crippen LogP contribution in [0.5, 0.6) is 0 Å². The van der Waals surface area contributed by atoms with Crippen LogP contribution in [0.15, 0.2) is 23.8 Å². The molecule has 2 aromatic rings. The minimum atomic E-state index is -0.619. The second kappa shape index (κ2) is 5.33. The average molecular weight is 305 g/mol. The topological polar surface area (TPSA) is 64.4 Å². The Balaban J connectivity index is 1.97. The molecule has 3 rings (SSSR count). The van der Waals surface area contributed by atoms with Gasteiger partial charge in [-0.05, 0) is 11.4 Å². The molecule has 6 nitrogen and oxygen atoms in total. The number of aryl methyl sites for hydroxylation is 1. The van der Waals surface area contributed by atoms with Crippen LogP contribution in [-0.4, -0.2) is 39.5 Å². The van der Waals surface area contributed by atoms with Crippen molar-refractivity contribution in [3.05, 3.63) is 40.1 Å². The second-order valence-electron chi connectivity index (χ2n) is 4.90. The first-order valence-electron chi connectivity index (χ1n) is 6.53. The number of ether oxygens (including phenoxy) is 1. The van der Waals surface area contributed by atoms with Gasteiger partial charge < -0.3 is 14.2 Å². The fraction of sp³-hybridized carbons (Fsp3) is 0.357. The maximum Gasteiger partial charge on any atom is 0.329 e. The molecule has 0 aliphatic carbocycles. The van der Waals surface area contributed by atoms with Crippen molar-refractivity contribution in [1.29, 1.82) is 0 Å². The van der Waals surface area contributed by atoms with E-state index in [2.05, 4.69) is 4.98 Å². The molecule has 7 heteroatoms. The van der Waals surface area contributed by atoms with Crippen LogP contribution in [0, 0.1) is 0 Å². The van der Waals surface area contributed by atoms with Crippen LogP contribution in [0.2, 0.25) is 0 Å². The number of imidazole rings is 1. The van der Waals surface area contributed by atoms with Gasteiger partial charge in [-0.15, -0.1) is 11.3 Å². The van der Waals surface area contributed by atoms with Crippen LogP contribution < -0.4 is 0 Å². The van der Waals surface area contributed by atoms with E-state index in [9.17, 15) is 9.59 Å². The van der Waals surface area contributed by atoms with Crippen molar-refractivity contribution >= 4 is 23.2 Å². The third kappa shape index (κ3) is 2.33. The Morgan fingerprint density at radius 2 is 2.29 bits per heavy atom. The number of amides is 1. The number of nitrogens with zero attached hydrogens (tertiary/aromatic N) is 3. The Labute approximate surface area is 126 Å². The molecule has 1 unspecified atom stereocenters. The van der Waals surface area contributed by atoms with Gasteiger partial charge in [-0.2, -0.15) is 0 Å². The van der Waals surface area contributed by atoms with Gasteiger partial charge in [-0.25, -0.2) is 9.78 Å². The predicted molar refractivity (Wildman–Crippen MR) is 76.9 cm³/mol. The highest BCUT2D eigenvalue weighted by Crippen LogP contribution is 2.25. The van der Waals surface area contributed by atoms with Crippen molar-refractivity contribution in [2.24, 2.45) is 7.05 Å². The summed E-state index contributed by atoms with van der Waals surface area (Å²) in [5.41, 5.74) is 1.81. The summed E-state index contributed by atoms with van der Waals surface area (Å²) in [6.07, 6.45) is 2.10. The molecular formula is C14H15N3O3S. The summed E-state index contributed by atoms with van der Waals surface area (Å²) in [6, 6.07) is 2.97. The molecule has 21 heavy (non-hydrogen) atoms. The van der Waals surface area contributed by atoms with Gasteiger partial charge in [0.25, 0.3) is 5.91 Å². The van der Waals surface area contributed by atoms with Gasteiger partial charge in [0, 0.05) is 13.5 Å². The smallest absolute Gasteiger partial charge is 0.329 e. The molecule has 0 fully saturated rings. The van der Waals surface area contributed by atoms with E-state index < -0.39 is 12.0 Å². The SMILES string of the molecule is COC(=O)C1Cc2ncn(C)c2CN1C(=O)c1cccs1. The maximum absolute atomic E-state index is 12.6. The molecule has 0 radical (unpaired) electrons. The standard InChI is InChI=1S/C14H15N3O3S/c1-16-8-15-9-6-10(14(19)20-2)17(7-11(9)16)13(18)12-4-3-5-21-12/h3-5,8,10H,6-7H2,1-2H3. The zero-order valence-corrected chi connectivity index (χ0v) is 12.6. The predicted octanol–water partition coefficient (Wildman–Crippen LogP) is 1.22. The highest BCUT2D eigenvalue weighted by atomic mass is 32.1. The molecule has 3 heterocycles. The minimum Gasteiger partial charge on any atom is -0.467 e. The lowest BCUT2D eigenvalue weighted by molar-refractivity contribution is -0.146. The third-order valence-electron chi connectivity index (χ3n) is 3.69. The summed E-state index contributed by atoms with van der Waals surface area (Å²) < 4.78 is 6.73. The largest absolute Gasteiger partial charge is 0.467 e. The van der Waals surface area contributed by atoms with Gasteiger partial charge in [-0.1, -0.05) is 6.07 Å². The number of fused-ring (bicyclic) bond motifs is 1. The zero-order valence-electron chi connectivity index (χ0n) is 11.8. The molecular weight excluding hydrogens is 290 g/mol. The lowest BCUT2D eigenvalue weighted by atomic mass is 10.0. The molecule has 1 aliphatic rings. The first-order chi connectivity index (χ1) is 10.1. The molecule has 0 saturated heterocycles. The van der Waals surface area contributed by atoms with Crippen molar-refractivity contribution in [2.75, 3.05) is 7.11 Å². The van der Waals surface area contributed by atoms with E-state index in [0.717, 1.165) is 11.4 Å². The number of aromatic nitrogens is 2. The first kappa shape index (κ1) is 13.8. The van der Waals surface area contributed by atoms with E-state index in [0.29, 0.717) is 17.8 Å². The number of rotatable bonds is 2. The molecule has 0 N–H and O–H groups in total. The summed E-state index contributed by atoms with van der Waals surface area (Å²) in [6.45, 7) is 0.363. The fourth-order valence-corrected chi connectivity index (χ4v) is 3.22. The third-order valence-corrected chi connectivity index (χ3v) is 4.55. The van der Waals surface area contributed by atoms with Crippen molar-refractivity contribution < 1.29 is 14.3 Å². The lowest BCUT2D eigenvalue weighted by Crippen LogP contribution is -2.49. The Hall–Kier alpha value is -2.15. The molecule has 1 atom stereocenters. The Morgan fingerprint density at radius 3 is 2.95 bits per heavy atom. The number of carbonyl (C=O) groups is 2. The lowest BCUT2D eigenvalue weighted by Gasteiger charge is -2.33. The van der Waals surface area contributed by atoms with E-state index in [-0.39, 0.29) is 5.91 Å². The molecule has 1 aliphatic heterocycles. The second-order valence-corrected chi connectivity index (χ2v) is 5.85. The normalized spacial score (nSPS) is 17.4. The van der Waals surface area contributed by atoms with Gasteiger partial charge in [-0.3, -0.25) is 4.79 Å². The minimum absolute atomic E-state index is 0.146. The summed E-state index contributed by atoms with van der Waals surface area (Å²) in [4.78, 5) is 31.1. The number of hydrogen-bond donors (Lipinski definition) is 0. The molecule has 0 saturated carbocycles. The van der Waals surface area contributed by atoms with Crippen LogP contribution in [0.4, 0.5) is 0 Å². The quantitative estimate of drug-likeness (QED) is 0.783. The van der Waals surface area contributed by atoms with Crippen LogP contribution >= 0.6 is 11.3 Å². The van der Waals surface area contributed by atoms with E-state index in [1.54, 1.807) is 17.3 Å². The molecule has 0 aromatic carbocycles. The Morgan fingerprint density at radius 1 is 1.48 bits per heavy atom. The van der Waals surface area contributed by atoms with Crippen LogP contribution in [0.25, 0.3) is 0 Å². The van der Waals surface area contributed by atoms with Crippen molar-refractivity contribution in [3.63, 3.8) is 0 Å². The number of hydrogen-bond acceptors (Lipinski definition) is 5. The van der Waals surface area contributed by atoms with Gasteiger partial charge in [0.15, 0.2) is 0 Å². The first-order valence-corrected chi connectivity index (χ1v) is 7.41. The van der Waals surface area contributed by atoms with Crippen LogP contribution in [-0.2, 0) is 29.5 Å². The van der Waals surface area contributed by atoms with Crippen molar-refractivity contribution in [3.8, 4) is 0 Å². The Kier molecular flexibility index (Phi) is 3.50. The average Bonchev–Trinajstić information content (AvgIpc) is 3.15. The van der Waals surface area contributed by atoms with Crippen LogP contribution in [0.1, 0.15) is 21.1 Å². The monoisotopic (exact) mass is 305 g/mol. The van der Waals surface area contributed by atoms with Gasteiger partial charge in [0.05, 0.1) is 36.2 Å². The van der Waals surface area contributed by atoms with Crippen LogP contribution in [0.3, 0.4) is 0 Å². The molecule has 1 amide bonds. The maximum atomic E-state index is 12.6. The van der Waals surface area contributed by atoms with E-state index in [1.165, 1.54) is 18.4 Å². The summed E-state index contributed by atoms with van der Waals surface area (Å²) >= 11 is 1.37. The summed E-state index contributed by atoms with van der Waals surface area (Å²) in [5, 5.41) is 1.85. The molecule has 110 valence electrons. The number of methoxy groups -OCH3 is 1. The van der Waals surface area contributed by atoms with E-state index in [1.807, 2.05) is 23.1 Å². The number of thiophene rings is 1. The summed E-state index contributed by atoms with van der Waals surface area (Å²) in [5.74, 6) is -0.552. The Bertz CT molecular complexity index is 678. The summed E-state index contributed by atoms with van der Waals surface area (Å²) in [7, 11) is 3.22. The molecule has 0 spiro atoms. The number of esters is 1. The van der Waals surface area contributed by atoms with E-state index >= 15 is 0 Å². The number of carbonyl (C=O) groups excluding carboxylic acids is 2. The molecule has 2 aromatic heterocycles. The van der Waals surface area contributed by atoms with Crippen molar-refractivity contribution in [1.82, 2.24) is 14.5 Å².